The van der Waals surface area contributed by atoms with Gasteiger partial charge in [-0.15, -0.1) is 0 Å². The van der Waals surface area contributed by atoms with Crippen molar-refractivity contribution in [2.24, 2.45) is 5.92 Å². The Morgan fingerprint density at radius 1 is 0.742 bits per heavy atom. The third-order valence-corrected chi connectivity index (χ3v) is 9.89. The average molecular weight is 855 g/mol. The maximum Gasteiger partial charge on any atom is 0.336 e. The smallest absolute Gasteiger partial charge is 0.336 e. The van der Waals surface area contributed by atoms with E-state index in [1.807, 2.05) is 0 Å². The van der Waals surface area contributed by atoms with Crippen LogP contribution in [-0.4, -0.2) is 94.6 Å². The topological polar surface area (TPSA) is 268 Å². The SMILES string of the molecule is COC(=O)C[C@@H](NC(=O)[C@H](C)NC(=O)[C@@H](NC(=O)[C@H](Cc1ccc(O)cc1)NC(=O)c1ccc(C(=O)O)c(-c2c3ccc(=O)cc-3oc3cc(O)ccc23)c1)C(C)C)C(=O)CF. The number of carbonyl (C=O) groups is 7. The lowest BCUT2D eigenvalue weighted by molar-refractivity contribution is -0.143. The Kier molecular flexibility index (Phi) is 14.4. The van der Waals surface area contributed by atoms with Crippen molar-refractivity contribution in [2.45, 2.75) is 57.8 Å². The minimum absolute atomic E-state index is 0.0419. The van der Waals surface area contributed by atoms with Gasteiger partial charge in [-0.05, 0) is 78.6 Å². The van der Waals surface area contributed by atoms with Crippen LogP contribution in [0, 0.1) is 5.92 Å². The predicted molar refractivity (Wildman–Crippen MR) is 220 cm³/mol. The van der Waals surface area contributed by atoms with Crippen LogP contribution < -0.4 is 26.7 Å². The Balaban J connectivity index is 1.45. The summed E-state index contributed by atoms with van der Waals surface area (Å²) in [6.45, 7) is 2.99. The second-order valence-corrected chi connectivity index (χ2v) is 14.7. The highest BCUT2D eigenvalue weighted by atomic mass is 19.1. The Bertz CT molecular complexity index is 2570. The quantitative estimate of drug-likeness (QED) is 0.0524. The van der Waals surface area contributed by atoms with Gasteiger partial charge in [0, 0.05) is 40.6 Å². The highest BCUT2D eigenvalue weighted by Crippen LogP contribution is 2.42. The molecule has 17 nitrogen and oxygen atoms in total. The minimum Gasteiger partial charge on any atom is -0.508 e. The van der Waals surface area contributed by atoms with Crippen molar-refractivity contribution in [3.05, 3.63) is 106 Å². The van der Waals surface area contributed by atoms with Crippen molar-refractivity contribution in [3.8, 4) is 33.9 Å². The van der Waals surface area contributed by atoms with E-state index in [1.54, 1.807) is 13.8 Å². The number of aromatic hydroxyl groups is 2. The maximum atomic E-state index is 14.1. The average Bonchev–Trinajstić information content (AvgIpc) is 3.23. The van der Waals surface area contributed by atoms with Gasteiger partial charge in [0.15, 0.2) is 11.2 Å². The van der Waals surface area contributed by atoms with Crippen LogP contribution in [0.25, 0.3) is 33.4 Å². The van der Waals surface area contributed by atoms with Crippen LogP contribution in [0.5, 0.6) is 11.5 Å². The molecule has 0 saturated heterocycles. The van der Waals surface area contributed by atoms with E-state index in [4.69, 9.17) is 4.42 Å². The second kappa shape index (κ2) is 19.6. The van der Waals surface area contributed by atoms with Crippen molar-refractivity contribution >= 4 is 52.3 Å². The fourth-order valence-corrected chi connectivity index (χ4v) is 6.59. The first-order valence-electron chi connectivity index (χ1n) is 19.1. The van der Waals surface area contributed by atoms with E-state index < -0.39 is 90.0 Å². The van der Waals surface area contributed by atoms with Crippen LogP contribution in [0.15, 0.2) is 88.1 Å². The molecule has 0 spiro atoms. The molecule has 3 aromatic rings. The van der Waals surface area contributed by atoms with Crippen LogP contribution in [0.4, 0.5) is 4.39 Å². The normalized spacial score (nSPS) is 13.1. The first kappa shape index (κ1) is 45.5. The Hall–Kier alpha value is -7.63. The molecule has 4 atom stereocenters. The van der Waals surface area contributed by atoms with Gasteiger partial charge in [-0.2, -0.15) is 0 Å². The largest absolute Gasteiger partial charge is 0.508 e. The minimum atomic E-state index is -1.57. The molecule has 0 radical (unpaired) electrons. The summed E-state index contributed by atoms with van der Waals surface area (Å²) in [5.74, 6) is -7.55. The number of methoxy groups -OCH3 is 1. The molecule has 4 amide bonds. The van der Waals surface area contributed by atoms with Gasteiger partial charge in [0.2, 0.25) is 17.7 Å². The summed E-state index contributed by atoms with van der Waals surface area (Å²) in [6, 6.07) is 11.9. The summed E-state index contributed by atoms with van der Waals surface area (Å²) in [4.78, 5) is 103. The van der Waals surface area contributed by atoms with Crippen LogP contribution >= 0.6 is 0 Å². The van der Waals surface area contributed by atoms with Crippen LogP contribution in [-0.2, 0) is 35.1 Å². The number of amides is 4. The molecule has 0 bridgehead atoms. The number of nitrogens with one attached hydrogen (secondary N) is 4. The fourth-order valence-electron chi connectivity index (χ4n) is 6.59. The number of carbonyl (C=O) groups excluding carboxylic acids is 6. The summed E-state index contributed by atoms with van der Waals surface area (Å²) < 4.78 is 23.6. The number of fused-ring (bicyclic) bond motifs is 2. The number of alkyl halides is 1. The number of carboxylic acid groups (broad SMARTS) is 1. The number of Topliss-reactive ketones (excluding diaryl/α,β-unsaturated/α-hetero) is 1. The lowest BCUT2D eigenvalue weighted by atomic mass is 9.89. The standard InChI is InChI=1S/C44H43FN4O13/c1-21(2)39(43(58)46-22(3)40(55)47-32(34(53)20-45)19-37(54)61-4)49-42(57)33(15-23-5-8-25(50)9-6-23)48-41(56)24-7-12-28(44(59)60)31(16-24)38-29-13-10-26(51)17-35(29)62-36-18-27(52)11-14-30(36)38/h5-14,16-18,21-22,32-33,39,50-51H,15,19-20H2,1-4H3,(H,46,58)(H,47,55)(H,48,56)(H,49,57)(H,59,60)/t22-,32+,33-,39-/m0/s1. The third kappa shape index (κ3) is 10.8. The van der Waals surface area contributed by atoms with Crippen LogP contribution in [0.1, 0.15) is 53.5 Å². The predicted octanol–water partition coefficient (Wildman–Crippen LogP) is 3.25. The van der Waals surface area contributed by atoms with Gasteiger partial charge in [0.25, 0.3) is 5.91 Å². The van der Waals surface area contributed by atoms with E-state index in [9.17, 15) is 58.1 Å². The first-order valence-corrected chi connectivity index (χ1v) is 19.1. The lowest BCUT2D eigenvalue weighted by Gasteiger charge is -2.27. The van der Waals surface area contributed by atoms with Gasteiger partial charge in [-0.3, -0.25) is 33.6 Å². The molecule has 1 aliphatic carbocycles. The molecule has 0 fully saturated rings. The van der Waals surface area contributed by atoms with Gasteiger partial charge in [-0.1, -0.05) is 26.0 Å². The zero-order chi connectivity index (χ0) is 45.4. The molecule has 1 heterocycles. The van der Waals surface area contributed by atoms with Gasteiger partial charge >= 0.3 is 11.9 Å². The molecule has 0 saturated carbocycles. The van der Waals surface area contributed by atoms with Gasteiger partial charge < -0.3 is 45.7 Å². The van der Waals surface area contributed by atoms with Crippen molar-refractivity contribution in [2.75, 3.05) is 13.8 Å². The number of aromatic carboxylic acids is 1. The van der Waals surface area contributed by atoms with Crippen molar-refractivity contribution < 1.29 is 62.4 Å². The van der Waals surface area contributed by atoms with E-state index in [0.29, 0.717) is 16.5 Å². The number of ketones is 1. The van der Waals surface area contributed by atoms with E-state index in [2.05, 4.69) is 26.0 Å². The molecule has 0 unspecified atom stereocenters. The third-order valence-electron chi connectivity index (χ3n) is 9.89. The Morgan fingerprint density at radius 2 is 1.44 bits per heavy atom. The number of phenols is 2. The van der Waals surface area contributed by atoms with Gasteiger partial charge in [-0.25, -0.2) is 9.18 Å². The second-order valence-electron chi connectivity index (χ2n) is 14.7. The summed E-state index contributed by atoms with van der Waals surface area (Å²) in [6.07, 6.45) is -0.815. The molecule has 62 heavy (non-hydrogen) atoms. The highest BCUT2D eigenvalue weighted by Gasteiger charge is 2.33. The first-order chi connectivity index (χ1) is 29.4. The van der Waals surface area contributed by atoms with Crippen LogP contribution in [0.3, 0.4) is 0 Å². The number of phenolic OH excluding ortho intramolecular Hbond substituents is 2. The molecule has 5 rings (SSSR count). The number of hydrogen-bond donors (Lipinski definition) is 7. The zero-order valence-corrected chi connectivity index (χ0v) is 33.8. The number of carboxylic acids is 1. The molecule has 3 aromatic carbocycles. The summed E-state index contributed by atoms with van der Waals surface area (Å²) in [5, 5.41) is 40.6. The van der Waals surface area contributed by atoms with E-state index in [1.165, 1.54) is 85.8 Å². The van der Waals surface area contributed by atoms with Gasteiger partial charge in [0.1, 0.15) is 53.7 Å². The lowest BCUT2D eigenvalue weighted by Crippen LogP contribution is -2.58. The molecule has 7 N–H and O–H groups in total. The van der Waals surface area contributed by atoms with E-state index in [-0.39, 0.29) is 51.5 Å². The Morgan fingerprint density at radius 3 is 2.08 bits per heavy atom. The van der Waals surface area contributed by atoms with Crippen LogP contribution in [0.2, 0.25) is 0 Å². The Labute approximate surface area is 352 Å². The molecule has 2 aliphatic rings. The van der Waals surface area contributed by atoms with E-state index in [0.717, 1.165) is 7.11 Å². The van der Waals surface area contributed by atoms with Crippen molar-refractivity contribution in [3.63, 3.8) is 0 Å². The number of hydrogen-bond acceptors (Lipinski definition) is 12. The van der Waals surface area contributed by atoms with Gasteiger partial charge in [0.05, 0.1) is 19.1 Å². The molecule has 18 heteroatoms. The fraction of sp³-hybridized carbons (Fsp3) is 0.273. The van der Waals surface area contributed by atoms with Crippen molar-refractivity contribution in [1.29, 1.82) is 0 Å². The number of benzene rings is 4. The van der Waals surface area contributed by atoms with Crippen molar-refractivity contribution in [1.82, 2.24) is 21.3 Å². The number of ether oxygens (including phenoxy) is 1. The summed E-state index contributed by atoms with van der Waals surface area (Å²) in [7, 11) is 1.05. The van der Waals surface area contributed by atoms with E-state index >= 15 is 0 Å². The molecular formula is C44H43FN4O13. The molecule has 1 aliphatic heterocycles. The highest BCUT2D eigenvalue weighted by molar-refractivity contribution is 6.09. The maximum absolute atomic E-state index is 14.1. The molecule has 0 aromatic heterocycles. The zero-order valence-electron chi connectivity index (χ0n) is 33.8. The monoisotopic (exact) mass is 854 g/mol. The molecular weight excluding hydrogens is 811 g/mol. The summed E-state index contributed by atoms with van der Waals surface area (Å²) in [5.41, 5.74) is 0.516. The number of rotatable bonds is 17. The summed E-state index contributed by atoms with van der Waals surface area (Å²) >= 11 is 0. The number of halogens is 1. The number of esters is 1. The molecule has 324 valence electrons.